The van der Waals surface area contributed by atoms with Crippen LogP contribution in [0.25, 0.3) is 0 Å². The van der Waals surface area contributed by atoms with Crippen LogP contribution in [0.4, 0.5) is 0 Å². The number of amides is 3. The van der Waals surface area contributed by atoms with Gasteiger partial charge in [0.2, 0.25) is 11.8 Å². The summed E-state index contributed by atoms with van der Waals surface area (Å²) in [6.07, 6.45) is 15.3. The van der Waals surface area contributed by atoms with E-state index in [0.29, 0.717) is 30.7 Å². The van der Waals surface area contributed by atoms with Crippen molar-refractivity contribution in [2.75, 3.05) is 13.2 Å². The Balaban J connectivity index is 0.896. The van der Waals surface area contributed by atoms with E-state index in [0.717, 1.165) is 48.5 Å². The minimum absolute atomic E-state index is 0.155. The zero-order chi connectivity index (χ0) is 25.4. The highest BCUT2D eigenvalue weighted by atomic mass is 16.5. The predicted molar refractivity (Wildman–Crippen MR) is 140 cm³/mol. The van der Waals surface area contributed by atoms with Crippen molar-refractivity contribution in [1.29, 1.82) is 0 Å². The number of carbonyl (C=O) groups is 3. The molecule has 7 nitrogen and oxygen atoms in total. The topological polar surface area (TPSA) is 87.7 Å². The molecule has 1 atom stereocenters. The van der Waals surface area contributed by atoms with Gasteiger partial charge in [-0.3, -0.25) is 19.7 Å². The second-order valence-electron chi connectivity index (χ2n) is 12.4. The number of ether oxygens (including phenoxy) is 1. The van der Waals surface area contributed by atoms with E-state index < -0.39 is 6.04 Å². The number of rotatable bonds is 11. The predicted octanol–water partition coefficient (Wildman–Crippen LogP) is 4.34. The first-order valence-electron chi connectivity index (χ1n) is 14.6. The molecule has 2 heterocycles. The van der Waals surface area contributed by atoms with Crippen molar-refractivity contribution < 1.29 is 19.1 Å². The third-order valence-electron chi connectivity index (χ3n) is 9.66. The monoisotopic (exact) mass is 507 g/mol. The number of carbonyl (C=O) groups excluding carboxylic acids is 3. The molecular weight excluding hydrogens is 466 g/mol. The fraction of sp³-hybridized carbons (Fsp3) is 0.700. The van der Waals surface area contributed by atoms with Crippen LogP contribution in [0.2, 0.25) is 0 Å². The van der Waals surface area contributed by atoms with Gasteiger partial charge in [-0.2, -0.15) is 0 Å². The third kappa shape index (κ3) is 5.16. The average Bonchev–Trinajstić information content (AvgIpc) is 3.19. The van der Waals surface area contributed by atoms with E-state index >= 15 is 0 Å². The molecule has 200 valence electrons. The Morgan fingerprint density at radius 2 is 1.65 bits per heavy atom. The van der Waals surface area contributed by atoms with E-state index in [-0.39, 0.29) is 24.1 Å². The van der Waals surface area contributed by atoms with E-state index in [9.17, 15) is 14.4 Å². The van der Waals surface area contributed by atoms with Crippen molar-refractivity contribution in [3.05, 3.63) is 29.3 Å². The highest BCUT2D eigenvalue weighted by Gasteiger charge is 2.50. The smallest absolute Gasteiger partial charge is 0.255 e. The first-order chi connectivity index (χ1) is 18.0. The number of benzene rings is 1. The van der Waals surface area contributed by atoms with E-state index in [1.54, 1.807) is 11.0 Å². The molecule has 4 aliphatic carbocycles. The molecule has 4 saturated carbocycles. The van der Waals surface area contributed by atoms with Gasteiger partial charge in [-0.1, -0.05) is 25.3 Å². The Morgan fingerprint density at radius 1 is 0.946 bits per heavy atom. The zero-order valence-corrected chi connectivity index (χ0v) is 21.9. The number of hydrogen-bond acceptors (Lipinski definition) is 5. The number of imide groups is 1. The number of hydrogen-bond donors (Lipinski definition) is 2. The summed E-state index contributed by atoms with van der Waals surface area (Å²) in [4.78, 5) is 38.3. The molecule has 4 bridgehead atoms. The van der Waals surface area contributed by atoms with Gasteiger partial charge < -0.3 is 15.0 Å². The second-order valence-corrected chi connectivity index (χ2v) is 12.4. The lowest BCUT2D eigenvalue weighted by Gasteiger charge is -2.57. The average molecular weight is 508 g/mol. The number of nitrogens with zero attached hydrogens (tertiary/aromatic N) is 1. The summed E-state index contributed by atoms with van der Waals surface area (Å²) in [5, 5.41) is 6.37. The first kappa shape index (κ1) is 24.9. The van der Waals surface area contributed by atoms with E-state index in [4.69, 9.17) is 4.74 Å². The third-order valence-corrected chi connectivity index (χ3v) is 9.66. The van der Waals surface area contributed by atoms with Crippen LogP contribution in [0.15, 0.2) is 18.2 Å². The molecule has 0 aromatic heterocycles. The van der Waals surface area contributed by atoms with Crippen molar-refractivity contribution in [2.45, 2.75) is 102 Å². The Morgan fingerprint density at radius 3 is 2.38 bits per heavy atom. The van der Waals surface area contributed by atoms with Crippen LogP contribution in [0, 0.1) is 17.8 Å². The molecule has 2 N–H and O–H groups in total. The Kier molecular flexibility index (Phi) is 6.99. The van der Waals surface area contributed by atoms with Gasteiger partial charge in [0, 0.05) is 23.1 Å². The van der Waals surface area contributed by atoms with Gasteiger partial charge >= 0.3 is 0 Å². The summed E-state index contributed by atoms with van der Waals surface area (Å²) in [6.45, 7) is 2.15. The van der Waals surface area contributed by atoms with Gasteiger partial charge in [-0.15, -0.1) is 0 Å². The summed E-state index contributed by atoms with van der Waals surface area (Å²) in [5.74, 6) is 2.94. The lowest BCUT2D eigenvalue weighted by atomic mass is 9.53. The highest BCUT2D eigenvalue weighted by Crippen LogP contribution is 2.55. The Bertz CT molecular complexity index is 1020. The maximum Gasteiger partial charge on any atom is 0.255 e. The van der Waals surface area contributed by atoms with Gasteiger partial charge in [0.05, 0.1) is 13.2 Å². The number of unbranched alkanes of at least 4 members (excludes halogenated alkanes) is 4. The van der Waals surface area contributed by atoms with Crippen molar-refractivity contribution in [3.8, 4) is 5.75 Å². The Hall–Kier alpha value is -2.41. The molecule has 6 aliphatic rings. The molecule has 1 unspecified atom stereocenters. The van der Waals surface area contributed by atoms with E-state index in [1.165, 1.54) is 57.8 Å². The van der Waals surface area contributed by atoms with Crippen molar-refractivity contribution in [3.63, 3.8) is 0 Å². The molecule has 7 rings (SSSR count). The van der Waals surface area contributed by atoms with Crippen LogP contribution < -0.4 is 15.4 Å². The maximum absolute atomic E-state index is 13.0. The standard InChI is InChI=1S/C30H41N3O4/c34-27-10-9-25(28(35)32-27)33-19-24-23(29(33)36)7-6-8-26(24)37-12-5-3-1-2-4-11-31-30-16-20-13-21(17-30)15-22(14-20)18-30/h6-8,20-22,25,31H,1-5,9-19H2,(H,32,34,35). The van der Waals surface area contributed by atoms with Crippen molar-refractivity contribution in [1.82, 2.24) is 15.5 Å². The summed E-state index contributed by atoms with van der Waals surface area (Å²) in [7, 11) is 0. The number of piperidine rings is 1. The summed E-state index contributed by atoms with van der Waals surface area (Å²) < 4.78 is 6.10. The fourth-order valence-corrected chi connectivity index (χ4v) is 8.31. The van der Waals surface area contributed by atoms with Gasteiger partial charge in [0.1, 0.15) is 11.8 Å². The van der Waals surface area contributed by atoms with Crippen LogP contribution in [-0.2, 0) is 16.1 Å². The van der Waals surface area contributed by atoms with E-state index in [1.807, 2.05) is 12.1 Å². The first-order valence-corrected chi connectivity index (χ1v) is 14.6. The molecule has 0 radical (unpaired) electrons. The van der Waals surface area contributed by atoms with Gasteiger partial charge in [-0.25, -0.2) is 0 Å². The molecule has 1 saturated heterocycles. The molecule has 3 amide bonds. The van der Waals surface area contributed by atoms with Crippen LogP contribution in [-0.4, -0.2) is 47.4 Å². The number of fused-ring (bicyclic) bond motifs is 1. The molecule has 1 aromatic carbocycles. The Labute approximate surface area is 220 Å². The summed E-state index contributed by atoms with van der Waals surface area (Å²) in [6, 6.07) is 4.96. The lowest BCUT2D eigenvalue weighted by molar-refractivity contribution is -0.136. The SMILES string of the molecule is O=C1CCC(N2Cc3c(OCCCCCCCNC45CC6CC(CC(C6)C4)C5)cccc3C2=O)C(=O)N1. The highest BCUT2D eigenvalue weighted by molar-refractivity contribution is 6.05. The molecule has 5 fully saturated rings. The summed E-state index contributed by atoms with van der Waals surface area (Å²) >= 11 is 0. The maximum atomic E-state index is 13.0. The molecule has 1 aromatic rings. The van der Waals surface area contributed by atoms with Gasteiger partial charge in [-0.05, 0) is 94.2 Å². The molecular formula is C30H41N3O4. The largest absolute Gasteiger partial charge is 0.493 e. The fourth-order valence-electron chi connectivity index (χ4n) is 8.31. The normalized spacial score (nSPS) is 32.1. The van der Waals surface area contributed by atoms with Crippen LogP contribution in [0.1, 0.15) is 99.4 Å². The molecule has 37 heavy (non-hydrogen) atoms. The van der Waals surface area contributed by atoms with Gasteiger partial charge in [0.25, 0.3) is 5.91 Å². The van der Waals surface area contributed by atoms with Crippen molar-refractivity contribution in [2.24, 2.45) is 17.8 Å². The summed E-state index contributed by atoms with van der Waals surface area (Å²) in [5.41, 5.74) is 1.94. The van der Waals surface area contributed by atoms with Crippen molar-refractivity contribution >= 4 is 17.7 Å². The van der Waals surface area contributed by atoms with Crippen LogP contribution in [0.3, 0.4) is 0 Å². The molecule has 0 spiro atoms. The van der Waals surface area contributed by atoms with Crippen LogP contribution in [0.5, 0.6) is 5.75 Å². The van der Waals surface area contributed by atoms with E-state index in [2.05, 4.69) is 10.6 Å². The quantitative estimate of drug-likeness (QED) is 0.344. The lowest BCUT2D eigenvalue weighted by Crippen LogP contribution is -2.58. The van der Waals surface area contributed by atoms with Gasteiger partial charge in [0.15, 0.2) is 0 Å². The second kappa shape index (κ2) is 10.4. The molecule has 7 heteroatoms. The minimum atomic E-state index is -0.595. The minimum Gasteiger partial charge on any atom is -0.493 e. The van der Waals surface area contributed by atoms with Crippen LogP contribution >= 0.6 is 0 Å². The molecule has 2 aliphatic heterocycles. The number of nitrogens with one attached hydrogen (secondary N) is 2. The zero-order valence-electron chi connectivity index (χ0n) is 21.9.